The third kappa shape index (κ3) is 2.60. The first kappa shape index (κ1) is 12.2. The number of rotatable bonds is 4. The molecule has 1 saturated carbocycles. The molecule has 18 heavy (non-hydrogen) atoms. The van der Waals surface area contributed by atoms with E-state index < -0.39 is 0 Å². The summed E-state index contributed by atoms with van der Waals surface area (Å²) >= 11 is 0. The summed E-state index contributed by atoms with van der Waals surface area (Å²) in [6, 6.07) is 9.22. The SMILES string of the molecule is OC(CNC1Cc2ccccc2C1)C1CCCC1. The molecule has 1 aromatic rings. The third-order valence-corrected chi connectivity index (χ3v) is 4.61. The first-order valence-electron chi connectivity index (χ1n) is 7.31. The Bertz CT molecular complexity index is 373. The number of aliphatic hydroxyl groups excluding tert-OH is 1. The molecule has 0 spiro atoms. The normalized spacial score (nSPS) is 22.3. The van der Waals surface area contributed by atoms with Crippen LogP contribution < -0.4 is 5.32 Å². The molecular weight excluding hydrogens is 222 g/mol. The van der Waals surface area contributed by atoms with Gasteiger partial charge in [0.15, 0.2) is 0 Å². The highest BCUT2D eigenvalue weighted by molar-refractivity contribution is 5.33. The van der Waals surface area contributed by atoms with Gasteiger partial charge >= 0.3 is 0 Å². The molecule has 0 amide bonds. The highest BCUT2D eigenvalue weighted by Crippen LogP contribution is 2.28. The van der Waals surface area contributed by atoms with Crippen LogP contribution >= 0.6 is 0 Å². The van der Waals surface area contributed by atoms with Crippen molar-refractivity contribution in [2.75, 3.05) is 6.54 Å². The van der Waals surface area contributed by atoms with Crippen molar-refractivity contribution in [3.05, 3.63) is 35.4 Å². The van der Waals surface area contributed by atoms with Gasteiger partial charge in [-0.25, -0.2) is 0 Å². The largest absolute Gasteiger partial charge is 0.392 e. The summed E-state index contributed by atoms with van der Waals surface area (Å²) < 4.78 is 0. The Kier molecular flexibility index (Phi) is 3.67. The van der Waals surface area contributed by atoms with Crippen molar-refractivity contribution in [2.45, 2.75) is 50.7 Å². The summed E-state index contributed by atoms with van der Waals surface area (Å²) in [4.78, 5) is 0. The van der Waals surface area contributed by atoms with E-state index in [9.17, 15) is 5.11 Å². The predicted molar refractivity (Wildman–Crippen MR) is 73.6 cm³/mol. The molecule has 0 bridgehead atoms. The van der Waals surface area contributed by atoms with E-state index in [1.165, 1.54) is 36.8 Å². The van der Waals surface area contributed by atoms with Crippen molar-refractivity contribution >= 4 is 0 Å². The van der Waals surface area contributed by atoms with E-state index in [1.54, 1.807) is 0 Å². The molecule has 1 unspecified atom stereocenters. The molecule has 2 aliphatic carbocycles. The van der Waals surface area contributed by atoms with Gasteiger partial charge in [0, 0.05) is 12.6 Å². The highest BCUT2D eigenvalue weighted by atomic mass is 16.3. The van der Waals surface area contributed by atoms with Crippen molar-refractivity contribution in [1.82, 2.24) is 5.32 Å². The zero-order chi connectivity index (χ0) is 12.4. The zero-order valence-corrected chi connectivity index (χ0v) is 10.9. The molecule has 98 valence electrons. The summed E-state index contributed by atoms with van der Waals surface area (Å²) in [7, 11) is 0. The summed E-state index contributed by atoms with van der Waals surface area (Å²) in [5, 5.41) is 13.7. The molecule has 0 saturated heterocycles. The number of aliphatic hydroxyl groups is 1. The minimum absolute atomic E-state index is 0.142. The average Bonchev–Trinajstić information content (AvgIpc) is 3.04. The number of hydrogen-bond acceptors (Lipinski definition) is 2. The molecule has 0 aliphatic heterocycles. The quantitative estimate of drug-likeness (QED) is 0.853. The predicted octanol–water partition coefficient (Wildman–Crippen LogP) is 2.29. The lowest BCUT2D eigenvalue weighted by Gasteiger charge is -2.20. The van der Waals surface area contributed by atoms with Crippen molar-refractivity contribution in [1.29, 1.82) is 0 Å². The summed E-state index contributed by atoms with van der Waals surface area (Å²) in [6.07, 6.45) is 7.13. The van der Waals surface area contributed by atoms with Crippen LogP contribution in [0, 0.1) is 5.92 Å². The molecule has 1 fully saturated rings. The molecule has 1 atom stereocenters. The van der Waals surface area contributed by atoms with Gasteiger partial charge in [-0.2, -0.15) is 0 Å². The van der Waals surface area contributed by atoms with Gasteiger partial charge in [-0.15, -0.1) is 0 Å². The van der Waals surface area contributed by atoms with Crippen molar-refractivity contribution < 1.29 is 5.11 Å². The summed E-state index contributed by atoms with van der Waals surface area (Å²) in [5.74, 6) is 0.543. The van der Waals surface area contributed by atoms with E-state index in [2.05, 4.69) is 29.6 Å². The van der Waals surface area contributed by atoms with Crippen LogP contribution in [0.2, 0.25) is 0 Å². The second-order valence-corrected chi connectivity index (χ2v) is 5.89. The first-order valence-corrected chi connectivity index (χ1v) is 7.31. The second kappa shape index (κ2) is 5.41. The van der Waals surface area contributed by atoms with E-state index in [1.807, 2.05) is 0 Å². The Labute approximate surface area is 109 Å². The van der Waals surface area contributed by atoms with E-state index in [0.717, 1.165) is 19.4 Å². The fourth-order valence-corrected chi connectivity index (χ4v) is 3.50. The Hall–Kier alpha value is -0.860. The standard InChI is InChI=1S/C16H23NO/c18-16(12-5-1-2-6-12)11-17-15-9-13-7-3-4-8-14(13)10-15/h3-4,7-8,12,15-18H,1-2,5-6,9-11H2. The van der Waals surface area contributed by atoms with Crippen LogP contribution in [0.1, 0.15) is 36.8 Å². The van der Waals surface area contributed by atoms with Crippen molar-refractivity contribution in [3.63, 3.8) is 0 Å². The number of nitrogens with one attached hydrogen (secondary N) is 1. The lowest BCUT2D eigenvalue weighted by Crippen LogP contribution is -2.38. The van der Waals surface area contributed by atoms with Crippen LogP contribution in [0.5, 0.6) is 0 Å². The summed E-state index contributed by atoms with van der Waals surface area (Å²) in [6.45, 7) is 0.767. The molecule has 2 heteroatoms. The van der Waals surface area contributed by atoms with E-state index in [0.29, 0.717) is 12.0 Å². The van der Waals surface area contributed by atoms with Gasteiger partial charge in [-0.3, -0.25) is 0 Å². The molecule has 2 nitrogen and oxygen atoms in total. The van der Waals surface area contributed by atoms with Crippen LogP contribution in [-0.4, -0.2) is 23.8 Å². The van der Waals surface area contributed by atoms with Gasteiger partial charge in [0.05, 0.1) is 6.10 Å². The molecule has 1 aromatic carbocycles. The molecule has 3 rings (SSSR count). The van der Waals surface area contributed by atoms with Gasteiger partial charge in [0.25, 0.3) is 0 Å². The van der Waals surface area contributed by atoms with Crippen LogP contribution in [-0.2, 0) is 12.8 Å². The maximum absolute atomic E-state index is 10.2. The van der Waals surface area contributed by atoms with Gasteiger partial charge < -0.3 is 10.4 Å². The maximum atomic E-state index is 10.2. The minimum Gasteiger partial charge on any atom is -0.392 e. The van der Waals surface area contributed by atoms with Gasteiger partial charge in [-0.1, -0.05) is 37.1 Å². The number of fused-ring (bicyclic) bond motifs is 1. The Balaban J connectivity index is 1.48. The van der Waals surface area contributed by atoms with E-state index in [-0.39, 0.29) is 6.10 Å². The highest BCUT2D eigenvalue weighted by Gasteiger charge is 2.25. The monoisotopic (exact) mass is 245 g/mol. The Morgan fingerprint density at radius 2 is 1.72 bits per heavy atom. The smallest absolute Gasteiger partial charge is 0.0692 e. The summed E-state index contributed by atoms with van der Waals surface area (Å²) in [5.41, 5.74) is 2.95. The topological polar surface area (TPSA) is 32.3 Å². The zero-order valence-electron chi connectivity index (χ0n) is 10.9. The maximum Gasteiger partial charge on any atom is 0.0692 e. The van der Waals surface area contributed by atoms with Crippen LogP contribution in [0.3, 0.4) is 0 Å². The van der Waals surface area contributed by atoms with Gasteiger partial charge in [0.1, 0.15) is 0 Å². The molecule has 2 aliphatic rings. The molecule has 0 radical (unpaired) electrons. The van der Waals surface area contributed by atoms with E-state index in [4.69, 9.17) is 0 Å². The number of benzene rings is 1. The van der Waals surface area contributed by atoms with Crippen LogP contribution in [0.15, 0.2) is 24.3 Å². The first-order chi connectivity index (χ1) is 8.83. The minimum atomic E-state index is -0.142. The van der Waals surface area contributed by atoms with Gasteiger partial charge in [-0.05, 0) is 42.7 Å². The van der Waals surface area contributed by atoms with Crippen molar-refractivity contribution in [3.8, 4) is 0 Å². The molecular formula is C16H23NO. The molecule has 0 heterocycles. The number of hydrogen-bond donors (Lipinski definition) is 2. The third-order valence-electron chi connectivity index (χ3n) is 4.61. The van der Waals surface area contributed by atoms with Crippen LogP contribution in [0.4, 0.5) is 0 Å². The lowest BCUT2D eigenvalue weighted by atomic mass is 10.0. The molecule has 0 aromatic heterocycles. The second-order valence-electron chi connectivity index (χ2n) is 5.89. The fraction of sp³-hybridized carbons (Fsp3) is 0.625. The average molecular weight is 245 g/mol. The van der Waals surface area contributed by atoms with E-state index >= 15 is 0 Å². The van der Waals surface area contributed by atoms with Crippen LogP contribution in [0.25, 0.3) is 0 Å². The molecule has 2 N–H and O–H groups in total. The lowest BCUT2D eigenvalue weighted by molar-refractivity contribution is 0.106. The Morgan fingerprint density at radius 3 is 2.33 bits per heavy atom. The fourth-order valence-electron chi connectivity index (χ4n) is 3.50. The van der Waals surface area contributed by atoms with Gasteiger partial charge in [0.2, 0.25) is 0 Å². The van der Waals surface area contributed by atoms with Crippen molar-refractivity contribution in [2.24, 2.45) is 5.92 Å². The Morgan fingerprint density at radius 1 is 1.11 bits per heavy atom.